The molecule has 3 rings (SSSR count). The van der Waals surface area contributed by atoms with E-state index in [1.807, 2.05) is 0 Å². The van der Waals surface area contributed by atoms with Crippen molar-refractivity contribution < 1.29 is 22.4 Å². The minimum absolute atomic E-state index is 0.0408. The first-order chi connectivity index (χ1) is 13.2. The number of nitriles is 1. The van der Waals surface area contributed by atoms with Gasteiger partial charge in [0.05, 0.1) is 11.8 Å². The minimum atomic E-state index is -4.36. The maximum absolute atomic E-state index is 13.4. The third-order valence-electron chi connectivity index (χ3n) is 4.58. The molecule has 1 saturated heterocycles. The van der Waals surface area contributed by atoms with Crippen LogP contribution in [0.1, 0.15) is 6.92 Å². The van der Waals surface area contributed by atoms with Gasteiger partial charge in [-0.15, -0.1) is 0 Å². The highest BCUT2D eigenvalue weighted by Crippen LogP contribution is 2.30. The van der Waals surface area contributed by atoms with E-state index in [0.29, 0.717) is 17.4 Å². The highest BCUT2D eigenvalue weighted by Gasteiger charge is 2.38. The number of hydrogen-bond acceptors (Lipinski definition) is 7. The molecule has 2 aliphatic rings. The monoisotopic (exact) mass is 410 g/mol. The smallest absolute Gasteiger partial charge is 0.336 e. The van der Waals surface area contributed by atoms with Gasteiger partial charge in [-0.05, 0) is 25.1 Å². The number of urea groups is 1. The van der Waals surface area contributed by atoms with Crippen molar-refractivity contribution in [1.82, 2.24) is 20.3 Å². The van der Waals surface area contributed by atoms with E-state index in [1.165, 1.54) is 0 Å². The summed E-state index contributed by atoms with van der Waals surface area (Å²) < 4.78 is 39.1. The molecule has 0 radical (unpaired) electrons. The molecule has 0 spiro atoms. The summed E-state index contributed by atoms with van der Waals surface area (Å²) in [5.41, 5.74) is -0.0408. The quantitative estimate of drug-likeness (QED) is 0.515. The van der Waals surface area contributed by atoms with E-state index in [4.69, 9.17) is 5.26 Å². The van der Waals surface area contributed by atoms with E-state index in [1.54, 1.807) is 6.92 Å². The van der Waals surface area contributed by atoms with Crippen molar-refractivity contribution in [2.24, 2.45) is 0 Å². The van der Waals surface area contributed by atoms with Crippen LogP contribution in [-0.4, -0.2) is 62.4 Å². The van der Waals surface area contributed by atoms with Crippen LogP contribution in [-0.2, 0) is 14.8 Å². The molecule has 10 nitrogen and oxygen atoms in total. The molecular weight excluding hydrogens is 391 g/mol. The molecule has 1 fully saturated rings. The number of nitrogens with zero attached hydrogens (tertiary/aromatic N) is 2. The molecule has 4 N–H and O–H groups in total. The number of sulfonamides is 1. The second-order valence-corrected chi connectivity index (χ2v) is 8.37. The molecule has 0 aromatic heterocycles. The average molecular weight is 410 g/mol. The SMILES string of the molecule is C[C@@H](NC(=O)CN1C(=O)Nc2ccc(F)cc2S1(=O)=O)C1CNC(C#N)CN1. The Hall–Kier alpha value is -2.75. The second kappa shape index (κ2) is 7.70. The Morgan fingerprint density at radius 2 is 2.18 bits per heavy atom. The lowest BCUT2D eigenvalue weighted by molar-refractivity contribution is -0.121. The lowest BCUT2D eigenvalue weighted by Gasteiger charge is -2.33. The van der Waals surface area contributed by atoms with E-state index in [0.717, 1.165) is 18.2 Å². The van der Waals surface area contributed by atoms with Gasteiger partial charge in [0, 0.05) is 25.2 Å². The Kier molecular flexibility index (Phi) is 5.50. The Balaban J connectivity index is 1.67. The van der Waals surface area contributed by atoms with Crippen molar-refractivity contribution >= 4 is 27.6 Å². The number of nitrogens with one attached hydrogen (secondary N) is 4. The van der Waals surface area contributed by atoms with E-state index in [-0.39, 0.29) is 23.8 Å². The van der Waals surface area contributed by atoms with Gasteiger partial charge in [-0.1, -0.05) is 0 Å². The van der Waals surface area contributed by atoms with Crippen LogP contribution in [0.2, 0.25) is 0 Å². The normalized spacial score (nSPS) is 24.5. The Morgan fingerprint density at radius 3 is 2.82 bits per heavy atom. The lowest BCUT2D eigenvalue weighted by atomic mass is 10.1. The fourth-order valence-electron chi connectivity index (χ4n) is 3.03. The van der Waals surface area contributed by atoms with Crippen LogP contribution in [0.5, 0.6) is 0 Å². The number of rotatable bonds is 4. The van der Waals surface area contributed by atoms with Gasteiger partial charge in [0.2, 0.25) is 5.91 Å². The van der Waals surface area contributed by atoms with Crippen LogP contribution in [0.25, 0.3) is 0 Å². The molecule has 1 aromatic rings. The molecule has 28 heavy (non-hydrogen) atoms. The van der Waals surface area contributed by atoms with Crippen molar-refractivity contribution in [3.05, 3.63) is 24.0 Å². The zero-order chi connectivity index (χ0) is 20.5. The summed E-state index contributed by atoms with van der Waals surface area (Å²) in [5, 5.41) is 20.0. The Morgan fingerprint density at radius 1 is 1.43 bits per heavy atom. The predicted octanol–water partition coefficient (Wildman–Crippen LogP) is -0.680. The van der Waals surface area contributed by atoms with E-state index in [9.17, 15) is 22.4 Å². The molecule has 3 atom stereocenters. The van der Waals surface area contributed by atoms with Gasteiger partial charge in [-0.3, -0.25) is 10.1 Å². The highest BCUT2D eigenvalue weighted by atomic mass is 32.2. The standard InChI is InChI=1S/C16H19FN6O4S/c1-9(13-7-19-11(5-18)6-20-13)21-15(24)8-23-16(25)22-12-3-2-10(17)4-14(12)28(23,26)27/h2-4,9,11,13,19-20H,6-8H2,1H3,(H,21,24)(H,22,25)/t9-,11?,13?/m1/s1. The van der Waals surface area contributed by atoms with Crippen LogP contribution >= 0.6 is 0 Å². The Labute approximate surface area is 161 Å². The number of fused-ring (bicyclic) bond motifs is 1. The number of carbonyl (C=O) groups is 2. The number of anilines is 1. The molecule has 3 amide bonds. The molecule has 2 aliphatic heterocycles. The van der Waals surface area contributed by atoms with Crippen LogP contribution in [0.15, 0.2) is 23.1 Å². The number of piperazine rings is 1. The zero-order valence-electron chi connectivity index (χ0n) is 14.9. The zero-order valence-corrected chi connectivity index (χ0v) is 15.7. The van der Waals surface area contributed by atoms with Crippen LogP contribution in [0.3, 0.4) is 0 Å². The van der Waals surface area contributed by atoms with Crippen molar-refractivity contribution in [3.63, 3.8) is 0 Å². The number of amides is 3. The number of halogens is 1. The predicted molar refractivity (Wildman–Crippen MR) is 96.1 cm³/mol. The summed E-state index contributed by atoms with van der Waals surface area (Å²) >= 11 is 0. The summed E-state index contributed by atoms with van der Waals surface area (Å²) in [6.07, 6.45) is 0. The van der Waals surface area contributed by atoms with Gasteiger partial charge in [-0.25, -0.2) is 21.9 Å². The van der Waals surface area contributed by atoms with Crippen molar-refractivity contribution in [2.45, 2.75) is 29.9 Å². The van der Waals surface area contributed by atoms with Crippen molar-refractivity contribution in [3.8, 4) is 6.07 Å². The number of hydrogen-bond donors (Lipinski definition) is 4. The molecular formula is C16H19FN6O4S. The van der Waals surface area contributed by atoms with Gasteiger partial charge in [0.1, 0.15) is 23.3 Å². The molecule has 0 saturated carbocycles. The molecule has 150 valence electrons. The number of benzene rings is 1. The fraction of sp³-hybridized carbons (Fsp3) is 0.438. The molecule has 2 unspecified atom stereocenters. The van der Waals surface area contributed by atoms with E-state index < -0.39 is 39.2 Å². The summed E-state index contributed by atoms with van der Waals surface area (Å²) in [6, 6.07) is 3.18. The van der Waals surface area contributed by atoms with E-state index in [2.05, 4.69) is 27.3 Å². The fourth-order valence-corrected chi connectivity index (χ4v) is 4.48. The van der Waals surface area contributed by atoms with Gasteiger partial charge < -0.3 is 16.0 Å². The minimum Gasteiger partial charge on any atom is -0.350 e. The summed E-state index contributed by atoms with van der Waals surface area (Å²) in [6.45, 7) is 1.83. The first-order valence-corrected chi connectivity index (χ1v) is 9.95. The Bertz CT molecular complexity index is 939. The van der Waals surface area contributed by atoms with Crippen molar-refractivity contribution in [1.29, 1.82) is 5.26 Å². The highest BCUT2D eigenvalue weighted by molar-refractivity contribution is 7.90. The summed E-state index contributed by atoms with van der Waals surface area (Å²) in [7, 11) is -4.36. The van der Waals surface area contributed by atoms with Crippen LogP contribution < -0.4 is 21.3 Å². The third kappa shape index (κ3) is 3.91. The maximum Gasteiger partial charge on any atom is 0.336 e. The second-order valence-electron chi connectivity index (χ2n) is 6.54. The largest absolute Gasteiger partial charge is 0.350 e. The molecule has 12 heteroatoms. The number of carbonyl (C=O) groups excluding carboxylic acids is 2. The van der Waals surface area contributed by atoms with Gasteiger partial charge >= 0.3 is 6.03 Å². The maximum atomic E-state index is 13.4. The van der Waals surface area contributed by atoms with Crippen molar-refractivity contribution in [2.75, 3.05) is 25.0 Å². The topological polar surface area (TPSA) is 143 Å². The summed E-state index contributed by atoms with van der Waals surface area (Å²) in [5.74, 6) is -1.46. The molecule has 1 aromatic carbocycles. The van der Waals surface area contributed by atoms with Crippen LogP contribution in [0.4, 0.5) is 14.9 Å². The molecule has 0 aliphatic carbocycles. The van der Waals surface area contributed by atoms with Gasteiger partial charge in [0.25, 0.3) is 10.0 Å². The third-order valence-corrected chi connectivity index (χ3v) is 6.35. The first kappa shape index (κ1) is 20.0. The molecule has 2 heterocycles. The van der Waals surface area contributed by atoms with Crippen LogP contribution in [0, 0.1) is 17.1 Å². The van der Waals surface area contributed by atoms with Gasteiger partial charge in [-0.2, -0.15) is 5.26 Å². The van der Waals surface area contributed by atoms with Gasteiger partial charge in [0.15, 0.2) is 0 Å². The molecule has 0 bridgehead atoms. The summed E-state index contributed by atoms with van der Waals surface area (Å²) in [4.78, 5) is 24.1. The lowest BCUT2D eigenvalue weighted by Crippen LogP contribution is -2.61. The first-order valence-electron chi connectivity index (χ1n) is 8.51. The average Bonchev–Trinajstić information content (AvgIpc) is 2.66. The van der Waals surface area contributed by atoms with E-state index >= 15 is 0 Å².